The van der Waals surface area contributed by atoms with E-state index in [-0.39, 0.29) is 23.7 Å². The zero-order chi connectivity index (χ0) is 23.3. The highest BCUT2D eigenvalue weighted by atomic mass is 16.5. The van der Waals surface area contributed by atoms with Crippen molar-refractivity contribution in [2.24, 2.45) is 5.92 Å². The Labute approximate surface area is 189 Å². The van der Waals surface area contributed by atoms with Crippen molar-refractivity contribution < 1.29 is 23.8 Å². The van der Waals surface area contributed by atoms with Gasteiger partial charge in [0.25, 0.3) is 5.91 Å². The molecule has 2 amide bonds. The van der Waals surface area contributed by atoms with E-state index in [1.165, 1.54) is 0 Å². The van der Waals surface area contributed by atoms with E-state index in [4.69, 9.17) is 14.2 Å². The highest BCUT2D eigenvalue weighted by Crippen LogP contribution is 2.43. The molecule has 2 atom stereocenters. The van der Waals surface area contributed by atoms with E-state index in [0.29, 0.717) is 42.4 Å². The number of carbonyl (C=O) groups excluding carboxylic acids is 2. The van der Waals surface area contributed by atoms with Crippen LogP contribution in [0.4, 0.5) is 0 Å². The third-order valence-corrected chi connectivity index (χ3v) is 5.98. The van der Waals surface area contributed by atoms with Gasteiger partial charge in [-0.3, -0.25) is 9.59 Å². The molecular formula is C25H32N2O5. The van der Waals surface area contributed by atoms with E-state index < -0.39 is 0 Å². The van der Waals surface area contributed by atoms with Crippen molar-refractivity contribution in [3.63, 3.8) is 0 Å². The molecule has 1 saturated heterocycles. The van der Waals surface area contributed by atoms with Crippen LogP contribution in [0.25, 0.3) is 0 Å². The predicted molar refractivity (Wildman–Crippen MR) is 123 cm³/mol. The number of carbonyl (C=O) groups is 2. The Bertz CT molecular complexity index is 950. The van der Waals surface area contributed by atoms with Crippen LogP contribution in [-0.4, -0.2) is 57.7 Å². The van der Waals surface area contributed by atoms with Crippen LogP contribution in [0.1, 0.15) is 40.7 Å². The summed E-state index contributed by atoms with van der Waals surface area (Å²) in [6, 6.07) is 11.3. The Morgan fingerprint density at radius 3 is 2.25 bits per heavy atom. The number of hydrogen-bond acceptors (Lipinski definition) is 5. The predicted octanol–water partition coefficient (Wildman–Crippen LogP) is 3.40. The fraction of sp³-hybridized carbons (Fsp3) is 0.440. The number of nitrogens with one attached hydrogen (secondary N) is 1. The highest BCUT2D eigenvalue weighted by molar-refractivity contribution is 5.96. The van der Waals surface area contributed by atoms with Gasteiger partial charge in [-0.15, -0.1) is 0 Å². The Hall–Kier alpha value is -3.22. The third kappa shape index (κ3) is 4.66. The lowest BCUT2D eigenvalue weighted by Gasteiger charge is -2.21. The Balaban J connectivity index is 1.99. The van der Waals surface area contributed by atoms with Crippen molar-refractivity contribution in [1.29, 1.82) is 0 Å². The second-order valence-electron chi connectivity index (χ2n) is 7.99. The minimum absolute atomic E-state index is 0.0503. The van der Waals surface area contributed by atoms with Gasteiger partial charge in [0.15, 0.2) is 11.5 Å². The zero-order valence-corrected chi connectivity index (χ0v) is 19.4. The molecule has 0 bridgehead atoms. The van der Waals surface area contributed by atoms with Gasteiger partial charge in [-0.05, 0) is 42.7 Å². The van der Waals surface area contributed by atoms with Crippen LogP contribution in [0.5, 0.6) is 17.2 Å². The van der Waals surface area contributed by atoms with Crippen molar-refractivity contribution in [2.45, 2.75) is 26.2 Å². The fourth-order valence-corrected chi connectivity index (χ4v) is 4.25. The number of amides is 2. The van der Waals surface area contributed by atoms with Gasteiger partial charge in [-0.25, -0.2) is 0 Å². The first-order valence-corrected chi connectivity index (χ1v) is 10.9. The van der Waals surface area contributed by atoms with Crippen LogP contribution in [0.15, 0.2) is 36.4 Å². The molecule has 1 heterocycles. The van der Waals surface area contributed by atoms with Gasteiger partial charge in [0.1, 0.15) is 0 Å². The second kappa shape index (κ2) is 10.4. The monoisotopic (exact) mass is 440 g/mol. The Morgan fingerprint density at radius 2 is 1.69 bits per heavy atom. The lowest BCUT2D eigenvalue weighted by atomic mass is 9.88. The first-order valence-electron chi connectivity index (χ1n) is 10.9. The number of hydrogen-bond donors (Lipinski definition) is 1. The lowest BCUT2D eigenvalue weighted by molar-refractivity contribution is -0.124. The van der Waals surface area contributed by atoms with Gasteiger partial charge in [0, 0.05) is 31.1 Å². The average molecular weight is 441 g/mol. The third-order valence-electron chi connectivity index (χ3n) is 5.98. The van der Waals surface area contributed by atoms with Crippen LogP contribution in [0.3, 0.4) is 0 Å². The summed E-state index contributed by atoms with van der Waals surface area (Å²) in [5.41, 5.74) is 2.45. The number of benzene rings is 2. The van der Waals surface area contributed by atoms with Crippen molar-refractivity contribution >= 4 is 11.8 Å². The Kier molecular flexibility index (Phi) is 7.62. The molecule has 1 fully saturated rings. The standard InChI is InChI=1S/C25H32N2O5/c1-6-11-26-24(28)20-15-27(25(29)18-10-8-7-9-16(18)2)14-19(20)17-12-21(30-3)23(32-5)22(13-17)31-4/h7-10,12-13,19-20H,6,11,14-15H2,1-5H3,(H,26,28)/t19-,20+/m0/s1. The van der Waals surface area contributed by atoms with E-state index in [0.717, 1.165) is 17.5 Å². The first kappa shape index (κ1) is 23.4. The lowest BCUT2D eigenvalue weighted by Crippen LogP contribution is -2.36. The molecule has 2 aromatic carbocycles. The van der Waals surface area contributed by atoms with Gasteiger partial charge < -0.3 is 24.4 Å². The molecule has 1 aliphatic heterocycles. The summed E-state index contributed by atoms with van der Waals surface area (Å²) < 4.78 is 16.5. The van der Waals surface area contributed by atoms with Crippen LogP contribution >= 0.6 is 0 Å². The molecule has 0 aliphatic carbocycles. The maximum Gasteiger partial charge on any atom is 0.254 e. The van der Waals surface area contributed by atoms with Crippen LogP contribution < -0.4 is 19.5 Å². The van der Waals surface area contributed by atoms with Crippen molar-refractivity contribution in [3.8, 4) is 17.2 Å². The highest BCUT2D eigenvalue weighted by Gasteiger charge is 2.41. The van der Waals surface area contributed by atoms with Gasteiger partial charge in [-0.2, -0.15) is 0 Å². The van der Waals surface area contributed by atoms with Gasteiger partial charge in [0.2, 0.25) is 11.7 Å². The van der Waals surface area contributed by atoms with Gasteiger partial charge >= 0.3 is 0 Å². The molecule has 0 aromatic heterocycles. The van der Waals surface area contributed by atoms with E-state index in [1.807, 2.05) is 50.2 Å². The number of likely N-dealkylation sites (tertiary alicyclic amines) is 1. The van der Waals surface area contributed by atoms with E-state index in [2.05, 4.69) is 5.32 Å². The minimum atomic E-state index is -0.377. The second-order valence-corrected chi connectivity index (χ2v) is 7.99. The molecule has 3 rings (SSSR count). The smallest absolute Gasteiger partial charge is 0.254 e. The topological polar surface area (TPSA) is 77.1 Å². The SMILES string of the molecule is CCCNC(=O)[C@@H]1CN(C(=O)c2ccccc2C)C[C@H]1c1cc(OC)c(OC)c(OC)c1. The summed E-state index contributed by atoms with van der Waals surface area (Å²) in [4.78, 5) is 28.1. The number of methoxy groups -OCH3 is 3. The minimum Gasteiger partial charge on any atom is -0.493 e. The number of aryl methyl sites for hydroxylation is 1. The molecule has 2 aromatic rings. The molecule has 0 spiro atoms. The summed E-state index contributed by atoms with van der Waals surface area (Å²) in [7, 11) is 4.68. The molecule has 1 N–H and O–H groups in total. The quantitative estimate of drug-likeness (QED) is 0.681. The molecule has 7 heteroatoms. The van der Waals surface area contributed by atoms with Crippen molar-refractivity contribution in [1.82, 2.24) is 10.2 Å². The normalized spacial score (nSPS) is 17.7. The van der Waals surface area contributed by atoms with Crippen LogP contribution in [-0.2, 0) is 4.79 Å². The maximum absolute atomic E-state index is 13.3. The fourth-order valence-electron chi connectivity index (χ4n) is 4.25. The summed E-state index contributed by atoms with van der Waals surface area (Å²) in [5.74, 6) is 0.857. The van der Waals surface area contributed by atoms with Gasteiger partial charge in [-0.1, -0.05) is 25.1 Å². The summed E-state index contributed by atoms with van der Waals surface area (Å²) in [6.45, 7) is 5.31. The molecular weight excluding hydrogens is 408 g/mol. The van der Waals surface area contributed by atoms with E-state index in [9.17, 15) is 9.59 Å². The van der Waals surface area contributed by atoms with Crippen LogP contribution in [0.2, 0.25) is 0 Å². The Morgan fingerprint density at radius 1 is 1.03 bits per heavy atom. The molecule has 0 unspecified atom stereocenters. The number of nitrogens with zero attached hydrogens (tertiary/aromatic N) is 1. The molecule has 172 valence electrons. The average Bonchev–Trinajstić information content (AvgIpc) is 3.27. The van der Waals surface area contributed by atoms with Crippen LogP contribution in [0, 0.1) is 12.8 Å². The zero-order valence-electron chi connectivity index (χ0n) is 19.4. The summed E-state index contributed by atoms with van der Waals surface area (Å²) in [6.07, 6.45) is 0.846. The number of rotatable bonds is 8. The molecule has 7 nitrogen and oxygen atoms in total. The molecule has 1 aliphatic rings. The summed E-state index contributed by atoms with van der Waals surface area (Å²) >= 11 is 0. The summed E-state index contributed by atoms with van der Waals surface area (Å²) in [5, 5.41) is 3.00. The van der Waals surface area contributed by atoms with Crippen molar-refractivity contribution in [3.05, 3.63) is 53.1 Å². The molecule has 32 heavy (non-hydrogen) atoms. The molecule has 0 radical (unpaired) electrons. The first-order chi connectivity index (χ1) is 15.4. The van der Waals surface area contributed by atoms with E-state index >= 15 is 0 Å². The molecule has 0 saturated carbocycles. The maximum atomic E-state index is 13.3. The van der Waals surface area contributed by atoms with Gasteiger partial charge in [0.05, 0.1) is 27.2 Å². The largest absolute Gasteiger partial charge is 0.493 e. The number of ether oxygens (including phenoxy) is 3. The van der Waals surface area contributed by atoms with E-state index in [1.54, 1.807) is 26.2 Å². The van der Waals surface area contributed by atoms with Crippen molar-refractivity contribution in [2.75, 3.05) is 41.0 Å².